The number of rotatable bonds is 7. The number of hydrogen-bond donors (Lipinski definition) is 0. The normalized spacial score (nSPS) is 13.3. The molecule has 96 valence electrons. The molecule has 0 amide bonds. The van der Waals surface area contributed by atoms with Crippen molar-refractivity contribution in [3.63, 3.8) is 0 Å². The highest BCUT2D eigenvalue weighted by Crippen LogP contribution is 2.18. The summed E-state index contributed by atoms with van der Waals surface area (Å²) in [5.74, 6) is -1.76. The van der Waals surface area contributed by atoms with Crippen LogP contribution in [0, 0.1) is 23.2 Å². The molecule has 17 heavy (non-hydrogen) atoms. The predicted molar refractivity (Wildman–Crippen MR) is 60.8 cm³/mol. The first-order valence-corrected chi connectivity index (χ1v) is 5.76. The summed E-state index contributed by atoms with van der Waals surface area (Å²) < 4.78 is 9.66. The van der Waals surface area contributed by atoms with Crippen LogP contribution in [0.4, 0.5) is 0 Å². The fourth-order valence-corrected chi connectivity index (χ4v) is 1.42. The highest BCUT2D eigenvalue weighted by molar-refractivity contribution is 5.80. The second-order valence-electron chi connectivity index (χ2n) is 3.72. The van der Waals surface area contributed by atoms with E-state index in [1.165, 1.54) is 0 Å². The Kier molecular flexibility index (Phi) is 7.78. The quantitative estimate of drug-likeness (QED) is 0.634. The van der Waals surface area contributed by atoms with E-state index in [0.29, 0.717) is 6.42 Å². The molecule has 0 radical (unpaired) electrons. The largest absolute Gasteiger partial charge is 0.466 e. The average molecular weight is 241 g/mol. The summed E-state index contributed by atoms with van der Waals surface area (Å²) in [7, 11) is 0. The van der Waals surface area contributed by atoms with Gasteiger partial charge in [-0.1, -0.05) is 0 Å². The van der Waals surface area contributed by atoms with Gasteiger partial charge in [0.25, 0.3) is 0 Å². The van der Waals surface area contributed by atoms with E-state index in [0.717, 1.165) is 0 Å². The molecule has 2 unspecified atom stereocenters. The molecule has 0 rings (SSSR count). The van der Waals surface area contributed by atoms with Gasteiger partial charge in [-0.25, -0.2) is 0 Å². The first kappa shape index (κ1) is 15.4. The second kappa shape index (κ2) is 8.57. The first-order chi connectivity index (χ1) is 8.04. The topological polar surface area (TPSA) is 76.4 Å². The number of nitriles is 1. The molecule has 5 nitrogen and oxygen atoms in total. The number of esters is 2. The van der Waals surface area contributed by atoms with Crippen molar-refractivity contribution in [3.8, 4) is 6.07 Å². The molecule has 0 aliphatic heterocycles. The molecular weight excluding hydrogens is 222 g/mol. The Morgan fingerprint density at radius 3 is 2.29 bits per heavy atom. The standard InChI is InChI=1S/C12H19NO4/c1-4-16-11(14)7-10(6-9(3)8-13)12(15)17-5-2/h9-10H,4-7H2,1-3H3. The summed E-state index contributed by atoms with van der Waals surface area (Å²) in [6.07, 6.45) is 0.285. The summed E-state index contributed by atoms with van der Waals surface area (Å²) in [5, 5.41) is 8.71. The smallest absolute Gasteiger partial charge is 0.309 e. The van der Waals surface area contributed by atoms with E-state index in [-0.39, 0.29) is 25.6 Å². The predicted octanol–water partition coefficient (Wildman–Crippen LogP) is 1.67. The molecule has 0 fully saturated rings. The fraction of sp³-hybridized carbons (Fsp3) is 0.750. The zero-order valence-corrected chi connectivity index (χ0v) is 10.6. The molecule has 0 aromatic rings. The number of carbonyl (C=O) groups excluding carboxylic acids is 2. The van der Waals surface area contributed by atoms with E-state index in [2.05, 4.69) is 0 Å². The van der Waals surface area contributed by atoms with Gasteiger partial charge < -0.3 is 9.47 Å². The molecule has 5 heteroatoms. The van der Waals surface area contributed by atoms with Gasteiger partial charge in [0.1, 0.15) is 0 Å². The van der Waals surface area contributed by atoms with Crippen LogP contribution in [-0.2, 0) is 19.1 Å². The van der Waals surface area contributed by atoms with E-state index in [1.807, 2.05) is 6.07 Å². The van der Waals surface area contributed by atoms with Crippen LogP contribution in [0.3, 0.4) is 0 Å². The van der Waals surface area contributed by atoms with Crippen molar-refractivity contribution in [2.24, 2.45) is 11.8 Å². The van der Waals surface area contributed by atoms with Crippen LogP contribution in [-0.4, -0.2) is 25.2 Å². The summed E-state index contributed by atoms with van der Waals surface area (Å²) in [6, 6.07) is 2.04. The minimum Gasteiger partial charge on any atom is -0.466 e. The molecule has 0 aliphatic rings. The monoisotopic (exact) mass is 241 g/mol. The molecule has 0 spiro atoms. The van der Waals surface area contributed by atoms with Crippen LogP contribution in [0.25, 0.3) is 0 Å². The van der Waals surface area contributed by atoms with Crippen LogP contribution in [0.15, 0.2) is 0 Å². The zero-order chi connectivity index (χ0) is 13.3. The lowest BCUT2D eigenvalue weighted by Crippen LogP contribution is -2.24. The van der Waals surface area contributed by atoms with Gasteiger partial charge in [-0.3, -0.25) is 9.59 Å². The van der Waals surface area contributed by atoms with Crippen LogP contribution in [0.5, 0.6) is 0 Å². The van der Waals surface area contributed by atoms with Gasteiger partial charge in [0.15, 0.2) is 0 Å². The lowest BCUT2D eigenvalue weighted by atomic mass is 9.94. The number of ether oxygens (including phenoxy) is 2. The van der Waals surface area contributed by atoms with Crippen molar-refractivity contribution in [1.29, 1.82) is 5.26 Å². The van der Waals surface area contributed by atoms with Gasteiger partial charge in [0.2, 0.25) is 0 Å². The molecule has 2 atom stereocenters. The second-order valence-corrected chi connectivity index (χ2v) is 3.72. The lowest BCUT2D eigenvalue weighted by molar-refractivity contribution is -0.155. The van der Waals surface area contributed by atoms with Gasteiger partial charge in [-0.15, -0.1) is 0 Å². The van der Waals surface area contributed by atoms with Crippen molar-refractivity contribution >= 4 is 11.9 Å². The maximum Gasteiger partial charge on any atom is 0.309 e. The molecule has 0 aromatic carbocycles. The van der Waals surface area contributed by atoms with Gasteiger partial charge >= 0.3 is 11.9 Å². The van der Waals surface area contributed by atoms with Gasteiger partial charge in [0, 0.05) is 5.92 Å². The number of hydrogen-bond acceptors (Lipinski definition) is 5. The molecule has 0 aromatic heterocycles. The molecule has 0 saturated heterocycles. The van der Waals surface area contributed by atoms with Crippen LogP contribution >= 0.6 is 0 Å². The molecule has 0 aliphatic carbocycles. The van der Waals surface area contributed by atoms with Crippen molar-refractivity contribution in [2.75, 3.05) is 13.2 Å². The molecule has 0 N–H and O–H groups in total. The van der Waals surface area contributed by atoms with Crippen molar-refractivity contribution < 1.29 is 19.1 Å². The van der Waals surface area contributed by atoms with Crippen LogP contribution in [0.1, 0.15) is 33.6 Å². The van der Waals surface area contributed by atoms with E-state index in [4.69, 9.17) is 14.7 Å². The Hall–Kier alpha value is -1.57. The summed E-state index contributed by atoms with van der Waals surface area (Å²) in [6.45, 7) is 5.65. The van der Waals surface area contributed by atoms with Crippen molar-refractivity contribution in [1.82, 2.24) is 0 Å². The average Bonchev–Trinajstić information content (AvgIpc) is 2.28. The fourth-order valence-electron chi connectivity index (χ4n) is 1.42. The third-order valence-corrected chi connectivity index (χ3v) is 2.20. The third kappa shape index (κ3) is 6.56. The van der Waals surface area contributed by atoms with Crippen LogP contribution < -0.4 is 0 Å². The molecule has 0 bridgehead atoms. The minimum atomic E-state index is -0.594. The maximum atomic E-state index is 11.6. The maximum absolute atomic E-state index is 11.6. The number of nitrogens with zero attached hydrogens (tertiary/aromatic N) is 1. The first-order valence-electron chi connectivity index (χ1n) is 5.76. The van der Waals surface area contributed by atoms with Crippen molar-refractivity contribution in [3.05, 3.63) is 0 Å². The molecule has 0 heterocycles. The Morgan fingerprint density at radius 1 is 1.24 bits per heavy atom. The van der Waals surface area contributed by atoms with E-state index in [1.54, 1.807) is 20.8 Å². The summed E-state index contributed by atoms with van der Waals surface area (Å²) >= 11 is 0. The van der Waals surface area contributed by atoms with Crippen molar-refractivity contribution in [2.45, 2.75) is 33.6 Å². The summed E-state index contributed by atoms with van der Waals surface area (Å²) in [5.41, 5.74) is 0. The molecular formula is C12H19NO4. The van der Waals surface area contributed by atoms with Crippen LogP contribution in [0.2, 0.25) is 0 Å². The van der Waals surface area contributed by atoms with E-state index < -0.39 is 17.9 Å². The van der Waals surface area contributed by atoms with Gasteiger partial charge in [0.05, 0.1) is 31.6 Å². The minimum absolute atomic E-state index is 0.0291. The summed E-state index contributed by atoms with van der Waals surface area (Å²) in [4.78, 5) is 22.9. The van der Waals surface area contributed by atoms with Gasteiger partial charge in [-0.05, 0) is 27.2 Å². The number of carbonyl (C=O) groups is 2. The van der Waals surface area contributed by atoms with E-state index >= 15 is 0 Å². The Bertz CT molecular complexity index is 295. The molecule has 0 saturated carbocycles. The highest BCUT2D eigenvalue weighted by Gasteiger charge is 2.25. The Labute approximate surface area is 102 Å². The zero-order valence-electron chi connectivity index (χ0n) is 10.6. The Morgan fingerprint density at radius 2 is 1.82 bits per heavy atom. The lowest BCUT2D eigenvalue weighted by Gasteiger charge is -2.15. The Balaban J connectivity index is 4.45. The highest BCUT2D eigenvalue weighted by atomic mass is 16.5. The SMILES string of the molecule is CCOC(=O)CC(CC(C)C#N)C(=O)OCC. The van der Waals surface area contributed by atoms with E-state index in [9.17, 15) is 9.59 Å². The third-order valence-electron chi connectivity index (χ3n) is 2.20. The van der Waals surface area contributed by atoms with Gasteiger partial charge in [-0.2, -0.15) is 5.26 Å².